The lowest BCUT2D eigenvalue weighted by Crippen LogP contribution is -2.64. The second-order valence-electron chi connectivity index (χ2n) is 25.9. The van der Waals surface area contributed by atoms with E-state index in [4.69, 9.17) is 20.9 Å². The van der Waals surface area contributed by atoms with Crippen molar-refractivity contribution in [2.75, 3.05) is 102 Å². The van der Waals surface area contributed by atoms with E-state index in [1.165, 1.54) is 52.9 Å². The zero-order valence-electron chi connectivity index (χ0n) is 55.3. The molecule has 6 heterocycles. The van der Waals surface area contributed by atoms with Gasteiger partial charge in [-0.1, -0.05) is 48.6 Å². The van der Waals surface area contributed by atoms with Gasteiger partial charge in [-0.25, -0.2) is 0 Å². The van der Waals surface area contributed by atoms with Crippen molar-refractivity contribution in [2.24, 2.45) is 17.4 Å². The first-order valence-corrected chi connectivity index (χ1v) is 34.4. The van der Waals surface area contributed by atoms with E-state index in [0.29, 0.717) is 22.0 Å². The van der Waals surface area contributed by atoms with E-state index in [9.17, 15) is 69.3 Å². The number of hydrogen-bond acceptors (Lipinski definition) is 24. The summed E-state index contributed by atoms with van der Waals surface area (Å²) in [5, 5.41) is 102. The van der Waals surface area contributed by atoms with Crippen molar-refractivity contribution in [3.8, 4) is 32.6 Å². The maximum Gasteiger partial charge on any atom is 0.251 e. The Kier molecular flexibility index (Phi) is 24.9. The van der Waals surface area contributed by atoms with Gasteiger partial charge < -0.3 is 103 Å². The molecule has 5 aromatic rings. The molecule has 5 fully saturated rings. The number of fused-ring (bicyclic) bond motifs is 2. The Morgan fingerprint density at radius 2 is 1.29 bits per heavy atom. The molecule has 16 N–H and O–H groups in total. The molecule has 534 valence electrons. The topological polar surface area (TPSA) is 434 Å². The molecule has 0 bridgehead atoms. The Hall–Kier alpha value is -8.47. The molecular formula is C68H90N14O16S. The van der Waals surface area contributed by atoms with Crippen molar-refractivity contribution in [1.29, 1.82) is 0 Å². The number of aromatic hydroxyl groups is 1. The molecular weight excluding hydrogens is 1300 g/mol. The lowest BCUT2D eigenvalue weighted by atomic mass is 9.98. The van der Waals surface area contributed by atoms with E-state index in [1.54, 1.807) is 19.1 Å². The number of β-amino-alcohol motifs (C(OH)–C–C–N with tert-alkyl or cyclic N) is 1. The summed E-state index contributed by atoms with van der Waals surface area (Å²) in [5.41, 5.74) is 16.8. The SMILES string of the molecule is C[C@@H](O)[C@@H]1NC(=O)C(NC(=O)c2ccc(-c3nnc(-c4ccc(N5CCN(Cc6ccc(N7CCOCC7)cc6)CC5)cc4)s3)cc2)C[C@@H](O)CNC(=O)[C@@H]2[C@@H](O)[C@@H](C)CN2C(=O)[C@H]([C@H](O)CCN)NC(=O)[C@H]([C@H](O)Cc2ccc(O)c(OCCCN)c2)NC(=O)[C@@H]2C[C@@H](O)CN2C1=O. The Morgan fingerprint density at radius 3 is 1.94 bits per heavy atom. The molecule has 10 rings (SSSR count). The van der Waals surface area contributed by atoms with Crippen molar-refractivity contribution < 1.29 is 78.8 Å². The quantitative estimate of drug-likeness (QED) is 0.0389. The van der Waals surface area contributed by atoms with Crippen LogP contribution in [0.25, 0.3) is 21.1 Å². The highest BCUT2D eigenvalue weighted by Gasteiger charge is 2.50. The van der Waals surface area contributed by atoms with Gasteiger partial charge in [-0.3, -0.25) is 38.5 Å². The number of aromatic nitrogens is 2. The molecule has 5 aliphatic heterocycles. The first-order chi connectivity index (χ1) is 47.6. The molecule has 7 amide bonds. The van der Waals surface area contributed by atoms with Gasteiger partial charge in [0.05, 0.1) is 56.4 Å². The van der Waals surface area contributed by atoms with Gasteiger partial charge in [-0.05, 0) is 105 Å². The minimum atomic E-state index is -2.04. The first kappa shape index (κ1) is 73.3. The minimum absolute atomic E-state index is 0.00394. The third-order valence-corrected chi connectivity index (χ3v) is 19.7. The van der Waals surface area contributed by atoms with E-state index in [0.717, 1.165) is 87.0 Å². The second kappa shape index (κ2) is 33.6. The number of carbonyl (C=O) groups excluding carboxylic acids is 7. The average molecular weight is 1390 g/mol. The number of morpholine rings is 1. The number of piperazine rings is 1. The highest BCUT2D eigenvalue weighted by atomic mass is 32.1. The smallest absolute Gasteiger partial charge is 0.251 e. The molecule has 5 aliphatic rings. The Bertz CT molecular complexity index is 3600. The number of phenols is 1. The molecule has 0 spiro atoms. The Morgan fingerprint density at radius 1 is 0.687 bits per heavy atom. The summed E-state index contributed by atoms with van der Waals surface area (Å²) in [4.78, 5) is 111. The number of amides is 7. The number of hydrogen-bond donors (Lipinski definition) is 14. The Balaban J connectivity index is 0.848. The molecule has 0 aliphatic carbocycles. The number of nitrogens with two attached hydrogens (primary N) is 2. The van der Waals surface area contributed by atoms with Gasteiger partial charge in [0.1, 0.15) is 46.3 Å². The van der Waals surface area contributed by atoms with Crippen LogP contribution in [-0.4, -0.2) is 267 Å². The van der Waals surface area contributed by atoms with Gasteiger partial charge in [0.15, 0.2) is 11.5 Å². The number of carbonyl (C=O) groups is 7. The van der Waals surface area contributed by atoms with E-state index in [1.807, 2.05) is 12.1 Å². The number of nitrogens with zero attached hydrogens (tertiary/aromatic N) is 7. The van der Waals surface area contributed by atoms with Crippen molar-refractivity contribution in [2.45, 2.75) is 125 Å². The lowest BCUT2D eigenvalue weighted by Gasteiger charge is -2.36. The van der Waals surface area contributed by atoms with Crippen molar-refractivity contribution >= 4 is 64.1 Å². The van der Waals surface area contributed by atoms with Gasteiger partial charge >= 0.3 is 0 Å². The summed E-state index contributed by atoms with van der Waals surface area (Å²) in [7, 11) is 0. The summed E-state index contributed by atoms with van der Waals surface area (Å²) in [6, 6.07) is 16.3. The van der Waals surface area contributed by atoms with E-state index in [-0.39, 0.29) is 55.3 Å². The van der Waals surface area contributed by atoms with Gasteiger partial charge in [0.2, 0.25) is 35.4 Å². The summed E-state index contributed by atoms with van der Waals surface area (Å²) < 4.78 is 11.2. The van der Waals surface area contributed by atoms with Gasteiger partial charge in [-0.2, -0.15) is 0 Å². The maximum atomic E-state index is 14.8. The third kappa shape index (κ3) is 18.1. The molecule has 1 aromatic heterocycles. The summed E-state index contributed by atoms with van der Waals surface area (Å²) >= 11 is 1.34. The van der Waals surface area contributed by atoms with E-state index < -0.39 is 152 Å². The number of anilines is 2. The molecule has 0 saturated carbocycles. The van der Waals surface area contributed by atoms with Crippen LogP contribution in [0.15, 0.2) is 91.0 Å². The largest absolute Gasteiger partial charge is 0.504 e. The maximum absolute atomic E-state index is 14.8. The number of ether oxygens (including phenoxy) is 2. The standard InChI is InChI=1S/C68H90N14O16S/c1-38-35-82-58(59(38)89)64(94)71-34-47(84)32-49(72-60(90)42-7-9-43(10-8-42)65-76-77-66(99-65)44-11-15-46(16-12-44)79-23-21-78(22-24-79)36-40-4-13-45(14-5-40)80-25-28-97-29-26-80)61(91)73-55(39(2)83)67(95)81-37-48(85)33-50(81)62(92)74-56(63(93)75-57(68(82)96)52(87)18-20-70)53(88)30-41-6-17-51(86)54(31-41)98-27-3-19-69/h4-17,31,38-39,47-50,52-53,55-59,83-89H,3,18-30,32-37,69-70H2,1-2H3,(H,71,94)(H,72,90)(H,73,91)(H,74,92)(H,75,93)/t38-,39+,47+,48+,49?,50-,52+,53+,55-,56-,57-,58-,59-/m0/s1. The Labute approximate surface area is 576 Å². The molecule has 30 nitrogen and oxygen atoms in total. The van der Waals surface area contributed by atoms with Crippen LogP contribution in [0.4, 0.5) is 11.4 Å². The zero-order valence-corrected chi connectivity index (χ0v) is 56.1. The molecule has 13 atom stereocenters. The molecule has 1 unspecified atom stereocenters. The van der Waals surface area contributed by atoms with Gasteiger partial charge in [-0.15, -0.1) is 10.2 Å². The number of aliphatic hydroxyl groups excluding tert-OH is 6. The molecule has 5 saturated heterocycles. The van der Waals surface area contributed by atoms with Crippen LogP contribution in [0, 0.1) is 5.92 Å². The van der Waals surface area contributed by atoms with Crippen molar-refractivity contribution in [1.82, 2.24) is 51.5 Å². The summed E-state index contributed by atoms with van der Waals surface area (Å²) in [5.74, 6) is -8.58. The van der Waals surface area contributed by atoms with Gasteiger partial charge in [0, 0.05) is 119 Å². The van der Waals surface area contributed by atoms with E-state index in [2.05, 4.69) is 87.9 Å². The number of benzene rings is 4. The second-order valence-corrected chi connectivity index (χ2v) is 26.9. The molecule has 0 radical (unpaired) electrons. The average Bonchev–Trinajstić information content (AvgIpc) is 1.66. The number of rotatable bonds is 19. The lowest BCUT2D eigenvalue weighted by molar-refractivity contribution is -0.147. The fraction of sp³-hybridized carbons (Fsp3) is 0.515. The predicted octanol–water partition coefficient (Wildman–Crippen LogP) is -2.24. The summed E-state index contributed by atoms with van der Waals surface area (Å²) in [6.45, 7) is 9.16. The number of aliphatic hydroxyl groups is 6. The third-order valence-electron chi connectivity index (χ3n) is 18.7. The van der Waals surface area contributed by atoms with Gasteiger partial charge in [0.25, 0.3) is 5.91 Å². The predicted molar refractivity (Wildman–Crippen MR) is 364 cm³/mol. The fourth-order valence-corrected chi connectivity index (χ4v) is 13.9. The van der Waals surface area contributed by atoms with E-state index >= 15 is 0 Å². The number of phenolic OH excluding ortho intramolecular Hbond substituents is 1. The number of nitrogens with one attached hydrogen (secondary N) is 5. The highest BCUT2D eigenvalue weighted by Crippen LogP contribution is 2.33. The minimum Gasteiger partial charge on any atom is -0.504 e. The van der Waals surface area contributed by atoms with Crippen LogP contribution in [0.2, 0.25) is 0 Å². The first-order valence-electron chi connectivity index (χ1n) is 33.5. The van der Waals surface area contributed by atoms with Crippen LogP contribution in [0.1, 0.15) is 61.0 Å². The van der Waals surface area contributed by atoms with Crippen molar-refractivity contribution in [3.63, 3.8) is 0 Å². The van der Waals surface area contributed by atoms with Crippen LogP contribution in [0.5, 0.6) is 11.5 Å². The van der Waals surface area contributed by atoms with Crippen LogP contribution in [0.3, 0.4) is 0 Å². The fourth-order valence-electron chi connectivity index (χ4n) is 13.0. The normalized spacial score (nSPS) is 25.9. The van der Waals surface area contributed by atoms with Crippen LogP contribution >= 0.6 is 11.3 Å². The summed E-state index contributed by atoms with van der Waals surface area (Å²) in [6.07, 6.45) is -11.4. The molecule has 31 heteroatoms. The molecule has 99 heavy (non-hydrogen) atoms. The highest BCUT2D eigenvalue weighted by molar-refractivity contribution is 7.17. The van der Waals surface area contributed by atoms with Crippen LogP contribution < -0.4 is 52.6 Å². The van der Waals surface area contributed by atoms with Crippen molar-refractivity contribution in [3.05, 3.63) is 108 Å². The zero-order chi connectivity index (χ0) is 70.6. The monoisotopic (exact) mass is 1390 g/mol. The molecule has 4 aromatic carbocycles. The van der Waals surface area contributed by atoms with Crippen LogP contribution in [-0.2, 0) is 46.5 Å².